The smallest absolute Gasteiger partial charge is 0.227 e. The van der Waals surface area contributed by atoms with Gasteiger partial charge >= 0.3 is 0 Å². The van der Waals surface area contributed by atoms with Crippen molar-refractivity contribution < 1.29 is 14.3 Å². The highest BCUT2D eigenvalue weighted by molar-refractivity contribution is 5.96. The molecule has 0 saturated heterocycles. The van der Waals surface area contributed by atoms with Gasteiger partial charge in [0.05, 0.1) is 11.8 Å². The molecule has 0 aromatic heterocycles. The average molecular weight is 247 g/mol. The SMILES string of the molecule is CC(C)Oc1ccc(C=O)cc1NC(=O)C1CC1. The maximum absolute atomic E-state index is 11.8. The third kappa shape index (κ3) is 3.09. The number of aldehydes is 1. The summed E-state index contributed by atoms with van der Waals surface area (Å²) >= 11 is 0. The Balaban J connectivity index is 2.21. The van der Waals surface area contributed by atoms with E-state index in [1.54, 1.807) is 18.2 Å². The number of rotatable bonds is 5. The number of ether oxygens (including phenoxy) is 1. The normalized spacial score (nSPS) is 14.4. The molecule has 1 saturated carbocycles. The predicted molar refractivity (Wildman–Crippen MR) is 68.9 cm³/mol. The largest absolute Gasteiger partial charge is 0.489 e. The summed E-state index contributed by atoms with van der Waals surface area (Å²) in [6, 6.07) is 5.04. The number of hydrogen-bond donors (Lipinski definition) is 1. The summed E-state index contributed by atoms with van der Waals surface area (Å²) in [6.07, 6.45) is 2.66. The van der Waals surface area contributed by atoms with Gasteiger partial charge in [0.15, 0.2) is 0 Å². The first-order valence-corrected chi connectivity index (χ1v) is 6.17. The fourth-order valence-corrected chi connectivity index (χ4v) is 1.66. The van der Waals surface area contributed by atoms with E-state index in [1.165, 1.54) is 0 Å². The monoisotopic (exact) mass is 247 g/mol. The van der Waals surface area contributed by atoms with E-state index in [9.17, 15) is 9.59 Å². The second-order valence-corrected chi connectivity index (χ2v) is 4.80. The first kappa shape index (κ1) is 12.6. The minimum atomic E-state index is 0.00616. The number of nitrogens with one attached hydrogen (secondary N) is 1. The number of benzene rings is 1. The number of amides is 1. The topological polar surface area (TPSA) is 55.4 Å². The van der Waals surface area contributed by atoms with Gasteiger partial charge in [-0.2, -0.15) is 0 Å². The van der Waals surface area contributed by atoms with Gasteiger partial charge in [0.1, 0.15) is 12.0 Å². The average Bonchev–Trinajstić information content (AvgIpc) is 3.14. The molecule has 0 unspecified atom stereocenters. The second kappa shape index (κ2) is 5.21. The summed E-state index contributed by atoms with van der Waals surface area (Å²) in [5, 5.41) is 2.83. The van der Waals surface area contributed by atoms with Crippen molar-refractivity contribution in [3.63, 3.8) is 0 Å². The first-order valence-electron chi connectivity index (χ1n) is 6.17. The standard InChI is InChI=1S/C14H17NO3/c1-9(2)18-13-6-3-10(8-16)7-12(13)15-14(17)11-4-5-11/h3,6-9,11H,4-5H2,1-2H3,(H,15,17). The number of carbonyl (C=O) groups excluding carboxylic acids is 2. The van der Waals surface area contributed by atoms with Crippen molar-refractivity contribution in [3.8, 4) is 5.75 Å². The van der Waals surface area contributed by atoms with Gasteiger partial charge < -0.3 is 10.1 Å². The Morgan fingerprint density at radius 2 is 2.17 bits per heavy atom. The number of carbonyl (C=O) groups is 2. The fourth-order valence-electron chi connectivity index (χ4n) is 1.66. The number of hydrogen-bond acceptors (Lipinski definition) is 3. The number of anilines is 1. The molecule has 0 atom stereocenters. The third-order valence-electron chi connectivity index (χ3n) is 2.71. The molecule has 1 fully saturated rings. The molecule has 0 aliphatic heterocycles. The van der Waals surface area contributed by atoms with Crippen LogP contribution in [0.1, 0.15) is 37.0 Å². The molecule has 96 valence electrons. The molecule has 1 aliphatic rings. The van der Waals surface area contributed by atoms with E-state index in [2.05, 4.69) is 5.32 Å². The summed E-state index contributed by atoms with van der Waals surface area (Å²) in [4.78, 5) is 22.5. The molecule has 1 N–H and O–H groups in total. The van der Waals surface area contributed by atoms with Crippen LogP contribution < -0.4 is 10.1 Å². The molecular formula is C14H17NO3. The van der Waals surface area contributed by atoms with Crippen molar-refractivity contribution in [1.29, 1.82) is 0 Å². The quantitative estimate of drug-likeness (QED) is 0.814. The van der Waals surface area contributed by atoms with Gasteiger partial charge in [-0.25, -0.2) is 0 Å². The van der Waals surface area contributed by atoms with Crippen LogP contribution in [-0.2, 0) is 4.79 Å². The molecule has 4 nitrogen and oxygen atoms in total. The van der Waals surface area contributed by atoms with Gasteiger partial charge in [0.25, 0.3) is 0 Å². The Hall–Kier alpha value is -1.84. The molecule has 1 aromatic rings. The lowest BCUT2D eigenvalue weighted by molar-refractivity contribution is -0.117. The first-order chi connectivity index (χ1) is 8.60. The molecule has 2 rings (SSSR count). The van der Waals surface area contributed by atoms with Crippen LogP contribution in [0.5, 0.6) is 5.75 Å². The van der Waals surface area contributed by atoms with Gasteiger partial charge in [-0.15, -0.1) is 0 Å². The minimum Gasteiger partial charge on any atom is -0.489 e. The fraction of sp³-hybridized carbons (Fsp3) is 0.429. The molecule has 0 bridgehead atoms. The van der Waals surface area contributed by atoms with Crippen molar-refractivity contribution >= 4 is 17.9 Å². The third-order valence-corrected chi connectivity index (χ3v) is 2.71. The summed E-state index contributed by atoms with van der Waals surface area (Å²) in [5.41, 5.74) is 1.10. The van der Waals surface area contributed by atoms with Gasteiger partial charge in [0.2, 0.25) is 5.91 Å². The Bertz CT molecular complexity index is 464. The molecule has 1 aliphatic carbocycles. The molecule has 1 amide bonds. The Kier molecular flexibility index (Phi) is 3.65. The zero-order chi connectivity index (χ0) is 13.1. The maximum Gasteiger partial charge on any atom is 0.227 e. The summed E-state index contributed by atoms with van der Waals surface area (Å²) in [5.74, 6) is 0.730. The van der Waals surface area contributed by atoms with E-state index in [0.717, 1.165) is 19.1 Å². The van der Waals surface area contributed by atoms with Crippen LogP contribution in [0.4, 0.5) is 5.69 Å². The van der Waals surface area contributed by atoms with E-state index < -0.39 is 0 Å². The van der Waals surface area contributed by atoms with Gasteiger partial charge in [-0.1, -0.05) is 0 Å². The van der Waals surface area contributed by atoms with Crippen LogP contribution in [0.15, 0.2) is 18.2 Å². The van der Waals surface area contributed by atoms with Crippen molar-refractivity contribution in [2.75, 3.05) is 5.32 Å². The highest BCUT2D eigenvalue weighted by Crippen LogP contribution is 2.33. The molecule has 18 heavy (non-hydrogen) atoms. The predicted octanol–water partition coefficient (Wildman–Crippen LogP) is 2.63. The van der Waals surface area contributed by atoms with Crippen LogP contribution in [0.3, 0.4) is 0 Å². The lowest BCUT2D eigenvalue weighted by atomic mass is 10.2. The van der Waals surface area contributed by atoms with E-state index in [0.29, 0.717) is 17.0 Å². The Labute approximate surface area is 106 Å². The maximum atomic E-state index is 11.8. The highest BCUT2D eigenvalue weighted by Gasteiger charge is 2.30. The van der Waals surface area contributed by atoms with Crippen molar-refractivity contribution in [1.82, 2.24) is 0 Å². The molecular weight excluding hydrogens is 230 g/mol. The van der Waals surface area contributed by atoms with Crippen LogP contribution in [-0.4, -0.2) is 18.3 Å². The van der Waals surface area contributed by atoms with E-state index in [4.69, 9.17) is 4.74 Å². The zero-order valence-corrected chi connectivity index (χ0v) is 10.6. The second-order valence-electron chi connectivity index (χ2n) is 4.80. The van der Waals surface area contributed by atoms with Crippen molar-refractivity contribution in [3.05, 3.63) is 23.8 Å². The van der Waals surface area contributed by atoms with Crippen LogP contribution in [0, 0.1) is 5.92 Å². The van der Waals surface area contributed by atoms with Crippen LogP contribution in [0.25, 0.3) is 0 Å². The Morgan fingerprint density at radius 3 is 2.72 bits per heavy atom. The summed E-state index contributed by atoms with van der Waals surface area (Å²) in [7, 11) is 0. The Morgan fingerprint density at radius 1 is 1.44 bits per heavy atom. The van der Waals surface area contributed by atoms with Crippen molar-refractivity contribution in [2.24, 2.45) is 5.92 Å². The van der Waals surface area contributed by atoms with Gasteiger partial charge in [-0.05, 0) is 44.9 Å². The highest BCUT2D eigenvalue weighted by atomic mass is 16.5. The molecule has 4 heteroatoms. The molecule has 0 spiro atoms. The van der Waals surface area contributed by atoms with Crippen LogP contribution in [0.2, 0.25) is 0 Å². The van der Waals surface area contributed by atoms with E-state index >= 15 is 0 Å². The van der Waals surface area contributed by atoms with Gasteiger partial charge in [0, 0.05) is 11.5 Å². The lowest BCUT2D eigenvalue weighted by Crippen LogP contribution is -2.15. The molecule has 0 radical (unpaired) electrons. The summed E-state index contributed by atoms with van der Waals surface area (Å²) < 4.78 is 5.62. The summed E-state index contributed by atoms with van der Waals surface area (Å²) in [6.45, 7) is 3.83. The van der Waals surface area contributed by atoms with E-state index in [1.807, 2.05) is 13.8 Å². The molecule has 0 heterocycles. The lowest BCUT2D eigenvalue weighted by Gasteiger charge is -2.15. The molecule has 1 aromatic carbocycles. The minimum absolute atomic E-state index is 0.00616. The van der Waals surface area contributed by atoms with Crippen LogP contribution >= 0.6 is 0 Å². The van der Waals surface area contributed by atoms with E-state index in [-0.39, 0.29) is 17.9 Å². The zero-order valence-electron chi connectivity index (χ0n) is 10.6. The van der Waals surface area contributed by atoms with Gasteiger partial charge in [-0.3, -0.25) is 9.59 Å². The van der Waals surface area contributed by atoms with Crippen molar-refractivity contribution in [2.45, 2.75) is 32.8 Å².